The molecule has 1 aromatic carbocycles. The van der Waals surface area contributed by atoms with E-state index in [-0.39, 0.29) is 11.4 Å². The van der Waals surface area contributed by atoms with Crippen LogP contribution in [0.1, 0.15) is 57.9 Å². The highest BCUT2D eigenvalue weighted by atomic mass is 16.5. The Morgan fingerprint density at radius 1 is 1.07 bits per heavy atom. The van der Waals surface area contributed by atoms with Gasteiger partial charge in [-0.05, 0) is 104 Å². The van der Waals surface area contributed by atoms with Gasteiger partial charge in [-0.15, -0.1) is 0 Å². The molecule has 0 radical (unpaired) electrons. The van der Waals surface area contributed by atoms with Gasteiger partial charge in [0.1, 0.15) is 5.75 Å². The molecule has 0 amide bonds. The van der Waals surface area contributed by atoms with Crippen molar-refractivity contribution in [1.82, 2.24) is 0 Å². The molecule has 3 nitrogen and oxygen atoms in total. The average Bonchev–Trinajstić information content (AvgIpc) is 2.72. The van der Waals surface area contributed by atoms with Crippen molar-refractivity contribution >= 4 is 11.5 Å². The van der Waals surface area contributed by atoms with Crippen LogP contribution in [0.3, 0.4) is 0 Å². The average molecular weight is 407 g/mol. The Labute approximate surface area is 180 Å². The summed E-state index contributed by atoms with van der Waals surface area (Å²) in [6.07, 6.45) is 16.1. The molecule has 30 heavy (non-hydrogen) atoms. The Bertz CT molecular complexity index is 821. The zero-order valence-corrected chi connectivity index (χ0v) is 18.5. The first-order chi connectivity index (χ1) is 14.5. The van der Waals surface area contributed by atoms with Crippen LogP contribution < -0.4 is 4.74 Å². The SMILES string of the molecule is CCOC(=O)C=C(C=CC=C(C)c1ccc(OC)cc1)C12CC3CC(CC(C3)C1)C2. The fraction of sp³-hybridized carbons (Fsp3) is 0.519. The smallest absolute Gasteiger partial charge is 0.331 e. The van der Waals surface area contributed by atoms with Crippen molar-refractivity contribution in [3.8, 4) is 5.75 Å². The Hall–Kier alpha value is -2.29. The highest BCUT2D eigenvalue weighted by Crippen LogP contribution is 2.62. The van der Waals surface area contributed by atoms with Gasteiger partial charge >= 0.3 is 5.97 Å². The fourth-order valence-corrected chi connectivity index (χ4v) is 6.40. The van der Waals surface area contributed by atoms with E-state index in [1.54, 1.807) is 13.2 Å². The monoisotopic (exact) mass is 406 g/mol. The van der Waals surface area contributed by atoms with E-state index in [1.165, 1.54) is 55.2 Å². The molecule has 0 heterocycles. The van der Waals surface area contributed by atoms with Gasteiger partial charge in [0.2, 0.25) is 0 Å². The number of carbonyl (C=O) groups is 1. The zero-order chi connectivity index (χ0) is 21.1. The Balaban J connectivity index is 1.58. The molecule has 3 heteroatoms. The first-order valence-electron chi connectivity index (χ1n) is 11.4. The maximum Gasteiger partial charge on any atom is 0.331 e. The Morgan fingerprint density at radius 3 is 2.20 bits per heavy atom. The van der Waals surface area contributed by atoms with Crippen molar-refractivity contribution in [2.24, 2.45) is 23.2 Å². The zero-order valence-electron chi connectivity index (χ0n) is 18.5. The molecule has 5 rings (SSSR count). The lowest BCUT2D eigenvalue weighted by Crippen LogP contribution is -2.46. The van der Waals surface area contributed by atoms with E-state index in [4.69, 9.17) is 9.47 Å². The fourth-order valence-electron chi connectivity index (χ4n) is 6.40. The second kappa shape index (κ2) is 8.83. The number of esters is 1. The van der Waals surface area contributed by atoms with Crippen molar-refractivity contribution in [3.63, 3.8) is 0 Å². The summed E-state index contributed by atoms with van der Waals surface area (Å²) in [6.45, 7) is 4.40. The van der Waals surface area contributed by atoms with E-state index in [1.807, 2.05) is 19.1 Å². The highest BCUT2D eigenvalue weighted by molar-refractivity contribution is 5.83. The minimum Gasteiger partial charge on any atom is -0.497 e. The third-order valence-electron chi connectivity index (χ3n) is 7.38. The van der Waals surface area contributed by atoms with Gasteiger partial charge in [-0.3, -0.25) is 0 Å². The summed E-state index contributed by atoms with van der Waals surface area (Å²) in [6, 6.07) is 8.12. The van der Waals surface area contributed by atoms with Gasteiger partial charge in [-0.2, -0.15) is 0 Å². The third kappa shape index (κ3) is 4.40. The van der Waals surface area contributed by atoms with Crippen LogP contribution in [0.15, 0.2) is 54.1 Å². The van der Waals surface area contributed by atoms with Crippen LogP contribution in [-0.2, 0) is 9.53 Å². The number of hydrogen-bond donors (Lipinski definition) is 0. The second-order valence-electron chi connectivity index (χ2n) is 9.49. The normalized spacial score (nSPS) is 30.7. The summed E-state index contributed by atoms with van der Waals surface area (Å²) >= 11 is 0. The number of ether oxygens (including phenoxy) is 2. The second-order valence-corrected chi connectivity index (χ2v) is 9.49. The third-order valence-corrected chi connectivity index (χ3v) is 7.38. The maximum absolute atomic E-state index is 12.4. The highest BCUT2D eigenvalue weighted by Gasteiger charge is 2.52. The van der Waals surface area contributed by atoms with Crippen LogP contribution >= 0.6 is 0 Å². The standard InChI is InChI=1S/C27H34O3/c1-4-30-26(28)15-24(27-16-20-12-21(17-27)14-22(13-20)18-27)7-5-6-19(2)23-8-10-25(29-3)11-9-23/h5-11,15,20-22H,4,12-14,16-18H2,1-3H3. The summed E-state index contributed by atoms with van der Waals surface area (Å²) in [5.41, 5.74) is 3.71. The van der Waals surface area contributed by atoms with E-state index in [9.17, 15) is 4.79 Å². The number of rotatable bonds is 7. The summed E-state index contributed by atoms with van der Waals surface area (Å²) in [5.74, 6) is 3.18. The van der Waals surface area contributed by atoms with Crippen molar-refractivity contribution in [2.45, 2.75) is 52.4 Å². The van der Waals surface area contributed by atoms with Gasteiger partial charge in [0.05, 0.1) is 13.7 Å². The number of allylic oxidation sites excluding steroid dienone is 5. The predicted molar refractivity (Wildman–Crippen MR) is 121 cm³/mol. The molecule has 4 bridgehead atoms. The van der Waals surface area contributed by atoms with Gasteiger partial charge < -0.3 is 9.47 Å². The molecule has 0 N–H and O–H groups in total. The van der Waals surface area contributed by atoms with Gasteiger partial charge in [0.15, 0.2) is 0 Å². The predicted octanol–water partition coefficient (Wildman–Crippen LogP) is 6.36. The van der Waals surface area contributed by atoms with Crippen LogP contribution in [0.25, 0.3) is 5.57 Å². The van der Waals surface area contributed by atoms with Crippen LogP contribution in [-0.4, -0.2) is 19.7 Å². The summed E-state index contributed by atoms with van der Waals surface area (Å²) in [4.78, 5) is 12.4. The Kier molecular flexibility index (Phi) is 6.17. The van der Waals surface area contributed by atoms with Crippen LogP contribution in [0.4, 0.5) is 0 Å². The largest absolute Gasteiger partial charge is 0.497 e. The molecule has 160 valence electrons. The number of hydrogen-bond acceptors (Lipinski definition) is 3. The molecule has 4 aliphatic rings. The lowest BCUT2D eigenvalue weighted by molar-refractivity contribution is -0.137. The van der Waals surface area contributed by atoms with Gasteiger partial charge in [0, 0.05) is 6.08 Å². The Morgan fingerprint density at radius 2 is 1.67 bits per heavy atom. The molecule has 0 spiro atoms. The minimum absolute atomic E-state index is 0.167. The number of methoxy groups -OCH3 is 1. The van der Waals surface area contributed by atoms with Crippen LogP contribution in [0, 0.1) is 23.2 Å². The van der Waals surface area contributed by atoms with E-state index >= 15 is 0 Å². The lowest BCUT2D eigenvalue weighted by atomic mass is 9.47. The minimum atomic E-state index is -0.205. The molecule has 0 aliphatic heterocycles. The molecule has 4 aliphatic carbocycles. The molecule has 0 atom stereocenters. The summed E-state index contributed by atoms with van der Waals surface area (Å²) in [5, 5.41) is 0. The molecule has 4 saturated carbocycles. The molecule has 0 unspecified atom stereocenters. The molecular formula is C27H34O3. The molecule has 1 aromatic rings. The van der Waals surface area contributed by atoms with E-state index in [0.717, 1.165) is 23.5 Å². The quantitative estimate of drug-likeness (QED) is 0.300. The summed E-state index contributed by atoms with van der Waals surface area (Å²) < 4.78 is 10.5. The van der Waals surface area contributed by atoms with Gasteiger partial charge in [-0.1, -0.05) is 30.4 Å². The van der Waals surface area contributed by atoms with Crippen LogP contribution in [0.5, 0.6) is 5.75 Å². The van der Waals surface area contributed by atoms with Crippen molar-refractivity contribution in [3.05, 3.63) is 59.7 Å². The molecule has 0 saturated heterocycles. The number of benzene rings is 1. The topological polar surface area (TPSA) is 35.5 Å². The molecule has 4 fully saturated rings. The number of carbonyl (C=O) groups excluding carboxylic acids is 1. The van der Waals surface area contributed by atoms with Crippen molar-refractivity contribution in [2.75, 3.05) is 13.7 Å². The van der Waals surface area contributed by atoms with Gasteiger partial charge in [0.25, 0.3) is 0 Å². The summed E-state index contributed by atoms with van der Waals surface area (Å²) in [7, 11) is 1.68. The van der Waals surface area contributed by atoms with E-state index < -0.39 is 0 Å². The van der Waals surface area contributed by atoms with E-state index in [2.05, 4.69) is 37.3 Å². The maximum atomic E-state index is 12.4. The molecule has 0 aromatic heterocycles. The van der Waals surface area contributed by atoms with Crippen molar-refractivity contribution < 1.29 is 14.3 Å². The lowest BCUT2D eigenvalue weighted by Gasteiger charge is -2.57. The van der Waals surface area contributed by atoms with Gasteiger partial charge in [-0.25, -0.2) is 4.79 Å². The molecular weight excluding hydrogens is 372 g/mol. The van der Waals surface area contributed by atoms with Crippen LogP contribution in [0.2, 0.25) is 0 Å². The first kappa shape index (κ1) is 21.0. The first-order valence-corrected chi connectivity index (χ1v) is 11.4. The van der Waals surface area contributed by atoms with E-state index in [0.29, 0.717) is 6.61 Å². The van der Waals surface area contributed by atoms with Crippen molar-refractivity contribution in [1.29, 1.82) is 0 Å².